The first-order valence-corrected chi connectivity index (χ1v) is 9.00. The summed E-state index contributed by atoms with van der Waals surface area (Å²) >= 11 is 0. The predicted molar refractivity (Wildman–Crippen MR) is 100 cm³/mol. The number of aromatic amines is 1. The molecule has 138 valence electrons. The predicted octanol–water partition coefficient (Wildman–Crippen LogP) is -0.210. The van der Waals surface area contributed by atoms with Crippen molar-refractivity contribution in [3.8, 4) is 0 Å². The first-order chi connectivity index (χ1) is 12.6. The molecule has 2 fully saturated rings. The topological polar surface area (TPSA) is 90.4 Å². The highest BCUT2D eigenvalue weighted by molar-refractivity contribution is 5.46. The van der Waals surface area contributed by atoms with E-state index in [1.54, 1.807) is 0 Å². The Hall–Kier alpha value is -2.84. The van der Waals surface area contributed by atoms with Crippen LogP contribution in [0.15, 0.2) is 27.9 Å². The fourth-order valence-corrected chi connectivity index (χ4v) is 3.47. The largest absolute Gasteiger partial charge is 0.356 e. The van der Waals surface area contributed by atoms with Crippen molar-refractivity contribution in [2.24, 2.45) is 7.05 Å². The number of hydrogen-bond donors (Lipinski definition) is 1. The first kappa shape index (κ1) is 16.6. The second-order valence-corrected chi connectivity index (χ2v) is 6.74. The van der Waals surface area contributed by atoms with Gasteiger partial charge in [-0.3, -0.25) is 14.3 Å². The molecule has 0 atom stereocenters. The molecule has 9 nitrogen and oxygen atoms in total. The Kier molecular flexibility index (Phi) is 4.36. The van der Waals surface area contributed by atoms with E-state index in [4.69, 9.17) is 4.98 Å². The van der Waals surface area contributed by atoms with Gasteiger partial charge in [-0.05, 0) is 18.9 Å². The lowest BCUT2D eigenvalue weighted by Gasteiger charge is -2.35. The van der Waals surface area contributed by atoms with Crippen LogP contribution in [0.4, 0.5) is 17.6 Å². The van der Waals surface area contributed by atoms with Crippen LogP contribution in [-0.4, -0.2) is 58.8 Å². The molecule has 4 rings (SSSR count). The molecule has 26 heavy (non-hydrogen) atoms. The quantitative estimate of drug-likeness (QED) is 0.813. The van der Waals surface area contributed by atoms with Crippen molar-refractivity contribution in [2.75, 3.05) is 54.0 Å². The van der Waals surface area contributed by atoms with E-state index in [1.807, 2.05) is 17.2 Å². The highest BCUT2D eigenvalue weighted by Gasteiger charge is 2.22. The molecule has 1 N–H and O–H groups in total. The zero-order valence-electron chi connectivity index (χ0n) is 14.9. The number of nitrogens with zero attached hydrogens (tertiary/aromatic N) is 6. The Morgan fingerprint density at radius 2 is 1.65 bits per heavy atom. The molecule has 0 amide bonds. The summed E-state index contributed by atoms with van der Waals surface area (Å²) in [5.41, 5.74) is -0.690. The van der Waals surface area contributed by atoms with Crippen LogP contribution in [0.5, 0.6) is 0 Å². The Bertz CT molecular complexity index is 861. The lowest BCUT2D eigenvalue weighted by Crippen LogP contribution is -2.48. The SMILES string of the molecule is Cn1c(=O)cc(N2CCN(c3nccc(N4CCCC4)n3)CC2)[nH]c1=O. The second-order valence-electron chi connectivity index (χ2n) is 6.74. The fourth-order valence-electron chi connectivity index (χ4n) is 3.47. The van der Waals surface area contributed by atoms with Crippen LogP contribution in [0, 0.1) is 0 Å². The molecule has 2 aromatic heterocycles. The Labute approximate surface area is 150 Å². The van der Waals surface area contributed by atoms with E-state index in [2.05, 4.69) is 19.8 Å². The summed E-state index contributed by atoms with van der Waals surface area (Å²) in [6.07, 6.45) is 4.25. The summed E-state index contributed by atoms with van der Waals surface area (Å²) in [5.74, 6) is 2.31. The van der Waals surface area contributed by atoms with Gasteiger partial charge in [0.2, 0.25) is 5.95 Å². The normalized spacial score (nSPS) is 17.8. The fraction of sp³-hybridized carbons (Fsp3) is 0.529. The molecule has 9 heteroatoms. The molecular formula is C17H23N7O2. The van der Waals surface area contributed by atoms with Crippen molar-refractivity contribution in [1.29, 1.82) is 0 Å². The Balaban J connectivity index is 1.46. The molecule has 2 aliphatic rings. The average Bonchev–Trinajstić information content (AvgIpc) is 3.21. The van der Waals surface area contributed by atoms with Gasteiger partial charge in [0.05, 0.1) is 0 Å². The van der Waals surface area contributed by atoms with Crippen LogP contribution in [0.25, 0.3) is 0 Å². The van der Waals surface area contributed by atoms with Gasteiger partial charge in [0.15, 0.2) is 0 Å². The van der Waals surface area contributed by atoms with E-state index in [0.29, 0.717) is 18.9 Å². The lowest BCUT2D eigenvalue weighted by molar-refractivity contribution is 0.628. The maximum atomic E-state index is 11.8. The molecular weight excluding hydrogens is 334 g/mol. The first-order valence-electron chi connectivity index (χ1n) is 9.00. The summed E-state index contributed by atoms with van der Waals surface area (Å²) in [5, 5.41) is 0. The summed E-state index contributed by atoms with van der Waals surface area (Å²) in [6.45, 7) is 4.98. The summed E-state index contributed by atoms with van der Waals surface area (Å²) in [6, 6.07) is 3.44. The molecule has 0 unspecified atom stereocenters. The molecule has 0 spiro atoms. The molecule has 0 aromatic carbocycles. The number of H-pyrrole nitrogens is 1. The third kappa shape index (κ3) is 3.16. The molecule has 2 aliphatic heterocycles. The van der Waals surface area contributed by atoms with E-state index in [-0.39, 0.29) is 5.56 Å². The van der Waals surface area contributed by atoms with E-state index < -0.39 is 5.69 Å². The van der Waals surface area contributed by atoms with Gasteiger partial charge in [-0.2, -0.15) is 4.98 Å². The van der Waals surface area contributed by atoms with Crippen molar-refractivity contribution >= 4 is 17.6 Å². The maximum absolute atomic E-state index is 11.8. The molecule has 2 aromatic rings. The zero-order chi connectivity index (χ0) is 18.1. The minimum atomic E-state index is -0.392. The highest BCUT2D eigenvalue weighted by atomic mass is 16.2. The molecule has 4 heterocycles. The Morgan fingerprint density at radius 1 is 0.962 bits per heavy atom. The van der Waals surface area contributed by atoms with Crippen LogP contribution < -0.4 is 25.9 Å². The van der Waals surface area contributed by atoms with Crippen LogP contribution in [0.2, 0.25) is 0 Å². The Morgan fingerprint density at radius 3 is 2.35 bits per heavy atom. The van der Waals surface area contributed by atoms with Gasteiger partial charge in [0.25, 0.3) is 5.56 Å². The van der Waals surface area contributed by atoms with Gasteiger partial charge in [0, 0.05) is 58.6 Å². The van der Waals surface area contributed by atoms with Crippen molar-refractivity contribution in [2.45, 2.75) is 12.8 Å². The van der Waals surface area contributed by atoms with E-state index in [9.17, 15) is 9.59 Å². The van der Waals surface area contributed by atoms with Crippen molar-refractivity contribution in [3.63, 3.8) is 0 Å². The van der Waals surface area contributed by atoms with Crippen LogP contribution in [-0.2, 0) is 7.05 Å². The summed E-state index contributed by atoms with van der Waals surface area (Å²) in [4.78, 5) is 42.0. The summed E-state index contributed by atoms with van der Waals surface area (Å²) in [7, 11) is 1.47. The smallest absolute Gasteiger partial charge is 0.329 e. The third-order valence-corrected chi connectivity index (χ3v) is 5.09. The van der Waals surface area contributed by atoms with Crippen LogP contribution in [0.3, 0.4) is 0 Å². The minimum absolute atomic E-state index is 0.298. The zero-order valence-corrected chi connectivity index (χ0v) is 14.9. The van der Waals surface area contributed by atoms with Crippen molar-refractivity contribution in [3.05, 3.63) is 39.2 Å². The maximum Gasteiger partial charge on any atom is 0.329 e. The van der Waals surface area contributed by atoms with Gasteiger partial charge < -0.3 is 14.7 Å². The van der Waals surface area contributed by atoms with Crippen LogP contribution >= 0.6 is 0 Å². The monoisotopic (exact) mass is 357 g/mol. The number of piperazine rings is 1. The van der Waals surface area contributed by atoms with E-state index >= 15 is 0 Å². The molecule has 2 saturated heterocycles. The third-order valence-electron chi connectivity index (χ3n) is 5.09. The number of aromatic nitrogens is 4. The van der Waals surface area contributed by atoms with Crippen molar-refractivity contribution in [1.82, 2.24) is 19.5 Å². The average molecular weight is 357 g/mol. The van der Waals surface area contributed by atoms with Crippen molar-refractivity contribution < 1.29 is 0 Å². The van der Waals surface area contributed by atoms with Gasteiger partial charge >= 0.3 is 5.69 Å². The van der Waals surface area contributed by atoms with Gasteiger partial charge in [-0.25, -0.2) is 9.78 Å². The number of rotatable bonds is 3. The standard InChI is InChI=1S/C17H23N7O2/c1-21-15(25)12-14(20-17(21)26)23-8-10-24(11-9-23)16-18-5-4-13(19-16)22-6-2-3-7-22/h4-5,12H,2-3,6-11H2,1H3,(H,20,26). The van der Waals surface area contributed by atoms with Gasteiger partial charge in [-0.1, -0.05) is 0 Å². The van der Waals surface area contributed by atoms with Gasteiger partial charge in [-0.15, -0.1) is 0 Å². The van der Waals surface area contributed by atoms with E-state index in [0.717, 1.165) is 42.5 Å². The highest BCUT2D eigenvalue weighted by Crippen LogP contribution is 2.21. The minimum Gasteiger partial charge on any atom is -0.356 e. The number of hydrogen-bond acceptors (Lipinski definition) is 7. The molecule has 0 bridgehead atoms. The number of anilines is 3. The second kappa shape index (κ2) is 6.81. The molecule has 0 aliphatic carbocycles. The van der Waals surface area contributed by atoms with E-state index in [1.165, 1.54) is 26.0 Å². The molecule has 0 saturated carbocycles. The number of nitrogens with one attached hydrogen (secondary N) is 1. The van der Waals surface area contributed by atoms with Gasteiger partial charge in [0.1, 0.15) is 11.6 Å². The van der Waals surface area contributed by atoms with Crippen LogP contribution in [0.1, 0.15) is 12.8 Å². The summed E-state index contributed by atoms with van der Waals surface area (Å²) < 4.78 is 1.07. The lowest BCUT2D eigenvalue weighted by atomic mass is 10.3. The molecule has 0 radical (unpaired) electrons.